The average molecular weight is 410 g/mol. The molecule has 2 nitrogen and oxygen atoms in total. The lowest BCUT2D eigenvalue weighted by molar-refractivity contribution is -0.188. The fourth-order valence-corrected chi connectivity index (χ4v) is 2.51. The Morgan fingerprint density at radius 1 is 0.533 bits per heavy atom. The van der Waals surface area contributed by atoms with Gasteiger partial charge in [-0.3, -0.25) is 0 Å². The van der Waals surface area contributed by atoms with Crippen molar-refractivity contribution in [3.05, 3.63) is 95.1 Å². The zero-order valence-electron chi connectivity index (χ0n) is 15.4. The van der Waals surface area contributed by atoms with Crippen molar-refractivity contribution in [2.75, 3.05) is 0 Å². The number of rotatable bonds is 6. The Morgan fingerprint density at radius 3 is 1.10 bits per heavy atom. The van der Waals surface area contributed by atoms with Crippen LogP contribution >= 0.6 is 0 Å². The summed E-state index contributed by atoms with van der Waals surface area (Å²) in [5, 5.41) is 0. The maximum absolute atomic E-state index is 14.3. The van der Waals surface area contributed by atoms with Gasteiger partial charge in [0.25, 0.3) is 0 Å². The van der Waals surface area contributed by atoms with E-state index >= 15 is 0 Å². The summed E-state index contributed by atoms with van der Waals surface area (Å²) in [4.78, 5) is 0. The Kier molecular flexibility index (Phi) is 5.71. The number of terminal acetylenes is 2. The van der Waals surface area contributed by atoms with Gasteiger partial charge in [0, 0.05) is 11.1 Å². The molecule has 0 amide bonds. The topological polar surface area (TPSA) is 18.5 Å². The summed E-state index contributed by atoms with van der Waals surface area (Å²) < 4.78 is 66.6. The summed E-state index contributed by atoms with van der Waals surface area (Å²) in [7, 11) is 0. The Labute approximate surface area is 171 Å². The minimum Gasteiger partial charge on any atom is -0.429 e. The molecule has 0 heterocycles. The van der Waals surface area contributed by atoms with Crippen molar-refractivity contribution < 1.29 is 27.0 Å². The molecule has 0 saturated heterocycles. The summed E-state index contributed by atoms with van der Waals surface area (Å²) in [6, 6.07) is 14.5. The molecule has 0 aliphatic heterocycles. The minimum atomic E-state index is -3.64. The predicted octanol–water partition coefficient (Wildman–Crippen LogP) is 5.91. The molecule has 3 rings (SSSR count). The standard InChI is InChI=1S/C24H14F4O2/c1-3-17-5-9-19(10-6-17)23(25,26)29-21-13-15-22(16-14-21)30-24(27,28)20-11-7-18(4-2)8-12-20/h1-2,5-16H. The van der Waals surface area contributed by atoms with Crippen LogP contribution in [0.4, 0.5) is 17.6 Å². The van der Waals surface area contributed by atoms with Gasteiger partial charge in [-0.25, -0.2) is 0 Å². The zero-order valence-corrected chi connectivity index (χ0v) is 15.4. The van der Waals surface area contributed by atoms with E-state index < -0.39 is 23.3 Å². The summed E-state index contributed by atoms with van der Waals surface area (Å²) in [6.07, 6.45) is 3.12. The number of alkyl halides is 4. The lowest BCUT2D eigenvalue weighted by Gasteiger charge is -2.20. The van der Waals surface area contributed by atoms with Crippen LogP contribution in [0.25, 0.3) is 0 Å². The van der Waals surface area contributed by atoms with Crippen LogP contribution in [-0.4, -0.2) is 0 Å². The number of hydrogen-bond acceptors (Lipinski definition) is 2. The second-order valence-electron chi connectivity index (χ2n) is 6.15. The molecule has 0 aliphatic carbocycles. The van der Waals surface area contributed by atoms with Crippen LogP contribution in [0.3, 0.4) is 0 Å². The third-order valence-corrected chi connectivity index (χ3v) is 4.09. The first kappa shape index (κ1) is 20.8. The maximum atomic E-state index is 14.3. The Bertz CT molecular complexity index is 998. The van der Waals surface area contributed by atoms with Gasteiger partial charge in [-0.15, -0.1) is 12.8 Å². The van der Waals surface area contributed by atoms with Crippen molar-refractivity contribution in [3.8, 4) is 36.2 Å². The monoisotopic (exact) mass is 410 g/mol. The van der Waals surface area contributed by atoms with E-state index in [0.29, 0.717) is 11.1 Å². The number of halogens is 4. The first-order valence-electron chi connectivity index (χ1n) is 8.61. The van der Waals surface area contributed by atoms with E-state index in [9.17, 15) is 17.6 Å². The predicted molar refractivity (Wildman–Crippen MR) is 104 cm³/mol. The molecule has 0 atom stereocenters. The number of ether oxygens (including phenoxy) is 2. The van der Waals surface area contributed by atoms with Crippen molar-refractivity contribution in [1.82, 2.24) is 0 Å². The first-order valence-corrected chi connectivity index (χ1v) is 8.61. The molecule has 6 heteroatoms. The minimum absolute atomic E-state index is 0.227. The van der Waals surface area contributed by atoms with Gasteiger partial charge in [0.1, 0.15) is 11.5 Å². The molecule has 0 aliphatic rings. The molecule has 0 N–H and O–H groups in total. The third kappa shape index (κ3) is 4.74. The van der Waals surface area contributed by atoms with E-state index in [2.05, 4.69) is 11.8 Å². The lowest BCUT2D eigenvalue weighted by atomic mass is 10.1. The van der Waals surface area contributed by atoms with Gasteiger partial charge in [0.2, 0.25) is 0 Å². The molecule has 0 fully saturated rings. The number of hydrogen-bond donors (Lipinski definition) is 0. The molecule has 0 saturated carbocycles. The van der Waals surface area contributed by atoms with Crippen LogP contribution in [-0.2, 0) is 12.2 Å². The SMILES string of the molecule is C#Cc1ccc(C(F)(F)Oc2ccc(OC(F)(F)c3ccc(C#C)cc3)cc2)cc1. The molecule has 0 bridgehead atoms. The average Bonchev–Trinajstić information content (AvgIpc) is 2.75. The second-order valence-corrected chi connectivity index (χ2v) is 6.15. The largest absolute Gasteiger partial charge is 0.429 e. The van der Waals surface area contributed by atoms with Crippen molar-refractivity contribution in [3.63, 3.8) is 0 Å². The van der Waals surface area contributed by atoms with Crippen LogP contribution in [0.2, 0.25) is 0 Å². The van der Waals surface area contributed by atoms with Gasteiger partial charge in [-0.2, -0.15) is 17.6 Å². The highest BCUT2D eigenvalue weighted by Gasteiger charge is 2.36. The normalized spacial score (nSPS) is 11.3. The molecule has 3 aromatic carbocycles. The van der Waals surface area contributed by atoms with E-state index in [1.54, 1.807) is 0 Å². The van der Waals surface area contributed by atoms with Crippen molar-refractivity contribution >= 4 is 0 Å². The van der Waals surface area contributed by atoms with Crippen molar-refractivity contribution in [2.45, 2.75) is 12.2 Å². The molecule has 0 radical (unpaired) electrons. The van der Waals surface area contributed by atoms with E-state index in [-0.39, 0.29) is 11.5 Å². The molecule has 0 spiro atoms. The molecular weight excluding hydrogens is 396 g/mol. The fraction of sp³-hybridized carbons (Fsp3) is 0.0833. The Balaban J connectivity index is 1.70. The Hall–Kier alpha value is -3.90. The van der Waals surface area contributed by atoms with Gasteiger partial charge in [0.15, 0.2) is 0 Å². The quantitative estimate of drug-likeness (QED) is 0.372. The van der Waals surface area contributed by atoms with Crippen LogP contribution in [0.1, 0.15) is 22.3 Å². The summed E-state index contributed by atoms with van der Waals surface area (Å²) in [5.74, 6) is 4.20. The van der Waals surface area contributed by atoms with E-state index in [0.717, 1.165) is 48.5 Å². The van der Waals surface area contributed by atoms with Gasteiger partial charge >= 0.3 is 12.2 Å². The smallest absolute Gasteiger partial charge is 0.426 e. The van der Waals surface area contributed by atoms with Crippen molar-refractivity contribution in [1.29, 1.82) is 0 Å². The van der Waals surface area contributed by atoms with Crippen molar-refractivity contribution in [2.24, 2.45) is 0 Å². The molecule has 0 aromatic heterocycles. The van der Waals surface area contributed by atoms with Crippen LogP contribution in [0, 0.1) is 24.7 Å². The van der Waals surface area contributed by atoms with Gasteiger partial charge in [0.05, 0.1) is 11.1 Å². The lowest BCUT2D eigenvalue weighted by Crippen LogP contribution is -2.22. The zero-order chi connectivity index (χ0) is 21.8. The Morgan fingerprint density at radius 2 is 0.833 bits per heavy atom. The maximum Gasteiger partial charge on any atom is 0.426 e. The molecule has 3 aromatic rings. The number of benzene rings is 3. The second kappa shape index (κ2) is 8.23. The highest BCUT2D eigenvalue weighted by molar-refractivity contribution is 5.38. The van der Waals surface area contributed by atoms with E-state index in [1.807, 2.05) is 0 Å². The fourth-order valence-electron chi connectivity index (χ4n) is 2.51. The van der Waals surface area contributed by atoms with Gasteiger partial charge < -0.3 is 9.47 Å². The molecular formula is C24H14F4O2. The van der Waals surface area contributed by atoms with Crippen LogP contribution in [0.5, 0.6) is 11.5 Å². The highest BCUT2D eigenvalue weighted by atomic mass is 19.3. The molecule has 150 valence electrons. The van der Waals surface area contributed by atoms with Crippen LogP contribution < -0.4 is 9.47 Å². The highest BCUT2D eigenvalue weighted by Crippen LogP contribution is 2.35. The van der Waals surface area contributed by atoms with Crippen LogP contribution in [0.15, 0.2) is 72.8 Å². The molecule has 30 heavy (non-hydrogen) atoms. The summed E-state index contributed by atoms with van der Waals surface area (Å²) >= 11 is 0. The van der Waals surface area contributed by atoms with E-state index in [1.165, 1.54) is 24.3 Å². The summed E-state index contributed by atoms with van der Waals surface area (Å²) in [6.45, 7) is 0. The van der Waals surface area contributed by atoms with E-state index in [4.69, 9.17) is 22.3 Å². The van der Waals surface area contributed by atoms with Gasteiger partial charge in [-0.1, -0.05) is 11.8 Å². The first-order chi connectivity index (χ1) is 14.2. The third-order valence-electron chi connectivity index (χ3n) is 4.09. The van der Waals surface area contributed by atoms with Gasteiger partial charge in [-0.05, 0) is 72.8 Å². The molecule has 0 unspecified atom stereocenters. The summed E-state index contributed by atoms with van der Waals surface area (Å²) in [5.41, 5.74) is 0.101.